The van der Waals surface area contributed by atoms with Crippen molar-refractivity contribution in [3.8, 4) is 0 Å². The molecule has 96 valence electrons. The Kier molecular flexibility index (Phi) is 3.53. The molecule has 0 N–H and O–H groups in total. The van der Waals surface area contributed by atoms with E-state index in [1.807, 2.05) is 13.0 Å². The number of sulfonamides is 1. The summed E-state index contributed by atoms with van der Waals surface area (Å²) in [6, 6.07) is 1.71. The van der Waals surface area contributed by atoms with Gasteiger partial charge in [0.25, 0.3) is 0 Å². The van der Waals surface area contributed by atoms with E-state index in [0.29, 0.717) is 12.3 Å². The highest BCUT2D eigenvalue weighted by Crippen LogP contribution is 2.34. The van der Waals surface area contributed by atoms with Crippen molar-refractivity contribution in [2.45, 2.75) is 39.2 Å². The van der Waals surface area contributed by atoms with Crippen molar-refractivity contribution < 1.29 is 12.9 Å². The summed E-state index contributed by atoms with van der Waals surface area (Å²) in [4.78, 5) is 0. The van der Waals surface area contributed by atoms with E-state index in [9.17, 15) is 8.42 Å². The van der Waals surface area contributed by atoms with E-state index in [-0.39, 0.29) is 11.8 Å². The monoisotopic (exact) mass is 258 g/mol. The molecule has 6 heteroatoms. The van der Waals surface area contributed by atoms with E-state index in [2.05, 4.69) is 5.16 Å². The molecule has 0 radical (unpaired) electrons. The Bertz CT molecular complexity index is 481. The molecular weight excluding hydrogens is 240 g/mol. The molecule has 1 aliphatic rings. The maximum atomic E-state index is 11.9. The summed E-state index contributed by atoms with van der Waals surface area (Å²) in [6.45, 7) is 4.25. The van der Waals surface area contributed by atoms with Crippen LogP contribution in [0.3, 0.4) is 0 Å². The van der Waals surface area contributed by atoms with Gasteiger partial charge >= 0.3 is 0 Å². The van der Waals surface area contributed by atoms with Gasteiger partial charge in [-0.15, -0.1) is 0 Å². The van der Waals surface area contributed by atoms with Gasteiger partial charge in [0.2, 0.25) is 10.0 Å². The fourth-order valence-corrected chi connectivity index (χ4v) is 3.51. The lowest BCUT2D eigenvalue weighted by Crippen LogP contribution is -2.31. The predicted octanol–water partition coefficient (Wildman–Crippen LogP) is 1.72. The van der Waals surface area contributed by atoms with Crippen LogP contribution in [0.1, 0.15) is 44.2 Å². The first kappa shape index (κ1) is 12.6. The lowest BCUT2D eigenvalue weighted by Gasteiger charge is -2.20. The van der Waals surface area contributed by atoms with Gasteiger partial charge in [0.15, 0.2) is 5.76 Å². The number of rotatable bonds is 4. The molecule has 1 saturated heterocycles. The maximum Gasteiger partial charge on any atom is 0.214 e. The van der Waals surface area contributed by atoms with Crippen molar-refractivity contribution in [2.75, 3.05) is 12.3 Å². The molecular formula is C11H18N2O3S. The van der Waals surface area contributed by atoms with E-state index < -0.39 is 10.0 Å². The molecule has 0 unspecified atom stereocenters. The fraction of sp³-hybridized carbons (Fsp3) is 0.727. The first-order valence-corrected chi connectivity index (χ1v) is 7.64. The number of aryl methyl sites for hydroxylation is 1. The summed E-state index contributed by atoms with van der Waals surface area (Å²) in [5.74, 6) is 0.814. The van der Waals surface area contributed by atoms with Gasteiger partial charge < -0.3 is 4.52 Å². The second-order valence-corrected chi connectivity index (χ2v) is 6.45. The highest BCUT2D eigenvalue weighted by Gasteiger charge is 2.36. The molecule has 0 aliphatic carbocycles. The van der Waals surface area contributed by atoms with Gasteiger partial charge in [-0.3, -0.25) is 0 Å². The van der Waals surface area contributed by atoms with E-state index in [0.717, 1.165) is 25.0 Å². The first-order chi connectivity index (χ1) is 8.08. The zero-order valence-corrected chi connectivity index (χ0v) is 11.0. The van der Waals surface area contributed by atoms with E-state index in [1.165, 1.54) is 0 Å². The van der Waals surface area contributed by atoms with Crippen LogP contribution in [0.15, 0.2) is 10.6 Å². The zero-order chi connectivity index (χ0) is 12.5. The van der Waals surface area contributed by atoms with Crippen LogP contribution >= 0.6 is 0 Å². The van der Waals surface area contributed by atoms with Crippen LogP contribution in [0, 0.1) is 0 Å². The molecule has 1 atom stereocenters. The lowest BCUT2D eigenvalue weighted by atomic mass is 10.1. The highest BCUT2D eigenvalue weighted by atomic mass is 32.2. The number of hydrogen-bond donors (Lipinski definition) is 0. The van der Waals surface area contributed by atoms with E-state index in [1.54, 1.807) is 11.2 Å². The zero-order valence-electron chi connectivity index (χ0n) is 10.2. The Morgan fingerprint density at radius 3 is 2.88 bits per heavy atom. The number of hydrogen-bond acceptors (Lipinski definition) is 4. The first-order valence-electron chi connectivity index (χ1n) is 6.03. The van der Waals surface area contributed by atoms with Crippen molar-refractivity contribution >= 4 is 10.0 Å². The second kappa shape index (κ2) is 4.78. The third-order valence-electron chi connectivity index (χ3n) is 3.19. The summed E-state index contributed by atoms with van der Waals surface area (Å²) in [6.07, 6.45) is 2.50. The van der Waals surface area contributed by atoms with E-state index >= 15 is 0 Å². The molecule has 0 bridgehead atoms. The van der Waals surface area contributed by atoms with E-state index in [4.69, 9.17) is 4.52 Å². The minimum atomic E-state index is -3.15. The molecule has 0 aromatic carbocycles. The van der Waals surface area contributed by atoms with Crippen molar-refractivity contribution in [1.29, 1.82) is 0 Å². The lowest BCUT2D eigenvalue weighted by molar-refractivity contribution is 0.297. The van der Waals surface area contributed by atoms with Crippen LogP contribution in [0.2, 0.25) is 0 Å². The summed E-state index contributed by atoms with van der Waals surface area (Å²) < 4.78 is 30.7. The molecule has 0 saturated carbocycles. The number of aromatic nitrogens is 1. The van der Waals surface area contributed by atoms with Crippen LogP contribution in [-0.4, -0.2) is 30.2 Å². The minimum absolute atomic E-state index is 0.137. The molecule has 1 fully saturated rings. The van der Waals surface area contributed by atoms with Crippen molar-refractivity contribution in [1.82, 2.24) is 9.46 Å². The molecule has 2 rings (SSSR count). The Morgan fingerprint density at radius 1 is 1.53 bits per heavy atom. The predicted molar refractivity (Wildman–Crippen MR) is 64.0 cm³/mol. The van der Waals surface area contributed by atoms with Crippen molar-refractivity contribution in [2.24, 2.45) is 0 Å². The van der Waals surface area contributed by atoms with Crippen LogP contribution in [0.5, 0.6) is 0 Å². The molecule has 17 heavy (non-hydrogen) atoms. The van der Waals surface area contributed by atoms with Crippen LogP contribution in [-0.2, 0) is 16.4 Å². The number of nitrogens with zero attached hydrogens (tertiary/aromatic N) is 2. The van der Waals surface area contributed by atoms with Gasteiger partial charge in [0.05, 0.1) is 17.5 Å². The smallest absolute Gasteiger partial charge is 0.214 e. The van der Waals surface area contributed by atoms with Gasteiger partial charge in [-0.25, -0.2) is 8.42 Å². The minimum Gasteiger partial charge on any atom is -0.359 e. The van der Waals surface area contributed by atoms with Gasteiger partial charge in [0.1, 0.15) is 0 Å². The normalized spacial score (nSPS) is 22.1. The molecule has 0 amide bonds. The third kappa shape index (κ3) is 2.37. The second-order valence-electron chi connectivity index (χ2n) is 4.24. The SMILES string of the molecule is CCc1cc([C@H]2CCCN2S(=O)(=O)CC)on1. The molecule has 1 aromatic rings. The summed E-state index contributed by atoms with van der Waals surface area (Å²) in [5.41, 5.74) is 0.876. The van der Waals surface area contributed by atoms with Crippen molar-refractivity contribution in [3.63, 3.8) is 0 Å². The summed E-state index contributed by atoms with van der Waals surface area (Å²) in [5, 5.41) is 3.93. The topological polar surface area (TPSA) is 63.4 Å². The Morgan fingerprint density at radius 2 is 2.29 bits per heavy atom. The molecule has 2 heterocycles. The molecule has 5 nitrogen and oxygen atoms in total. The average molecular weight is 258 g/mol. The van der Waals surface area contributed by atoms with Crippen molar-refractivity contribution in [3.05, 3.63) is 17.5 Å². The maximum absolute atomic E-state index is 11.9. The quantitative estimate of drug-likeness (QED) is 0.825. The molecule has 1 aromatic heterocycles. The summed E-state index contributed by atoms with van der Waals surface area (Å²) in [7, 11) is -3.15. The fourth-order valence-electron chi connectivity index (χ4n) is 2.18. The Labute approximate surface area is 102 Å². The average Bonchev–Trinajstić information content (AvgIpc) is 2.97. The Balaban J connectivity index is 2.26. The Hall–Kier alpha value is -0.880. The van der Waals surface area contributed by atoms with Crippen LogP contribution in [0.25, 0.3) is 0 Å². The van der Waals surface area contributed by atoms with Crippen LogP contribution < -0.4 is 0 Å². The van der Waals surface area contributed by atoms with Gasteiger partial charge in [0, 0.05) is 12.6 Å². The van der Waals surface area contributed by atoms with Gasteiger partial charge in [-0.1, -0.05) is 12.1 Å². The van der Waals surface area contributed by atoms with Crippen LogP contribution in [0.4, 0.5) is 0 Å². The highest BCUT2D eigenvalue weighted by molar-refractivity contribution is 7.89. The summed E-state index contributed by atoms with van der Waals surface area (Å²) >= 11 is 0. The standard InChI is InChI=1S/C11H18N2O3S/c1-3-9-8-11(16-12-9)10-6-5-7-13(10)17(14,15)4-2/h8,10H,3-7H2,1-2H3/t10-/m1/s1. The molecule has 1 aliphatic heterocycles. The molecule has 0 spiro atoms. The van der Waals surface area contributed by atoms with Gasteiger partial charge in [-0.2, -0.15) is 4.31 Å². The third-order valence-corrected chi connectivity index (χ3v) is 5.07. The largest absolute Gasteiger partial charge is 0.359 e. The van der Waals surface area contributed by atoms with Gasteiger partial charge in [-0.05, 0) is 26.2 Å².